The average Bonchev–Trinajstić information content (AvgIpc) is 2.59. The third-order valence-electron chi connectivity index (χ3n) is 1.52. The van der Waals surface area contributed by atoms with Crippen LogP contribution in [0.15, 0.2) is 17.4 Å². The Labute approximate surface area is 59.4 Å². The first-order valence-electron chi connectivity index (χ1n) is 3.36. The van der Waals surface area contributed by atoms with Gasteiger partial charge in [0.2, 0.25) is 0 Å². The molecule has 2 aliphatic rings. The predicted molar refractivity (Wildman–Crippen MR) is 38.5 cm³/mol. The smallest absolute Gasteiger partial charge is 0.176 e. The summed E-state index contributed by atoms with van der Waals surface area (Å²) in [7, 11) is 0. The number of hydrogen-bond acceptors (Lipinski definition) is 3. The highest BCUT2D eigenvalue weighted by Gasteiger charge is 2.19. The Bertz CT molecular complexity index is 176. The predicted octanol–water partition coefficient (Wildman–Crippen LogP) is -1.01. The molecule has 0 spiro atoms. The molecule has 0 saturated carbocycles. The molecule has 4 nitrogen and oxygen atoms in total. The minimum absolute atomic E-state index is 0.0579. The maximum atomic E-state index is 4.23. The van der Waals surface area contributed by atoms with Crippen molar-refractivity contribution in [2.24, 2.45) is 4.99 Å². The molecule has 0 amide bonds. The summed E-state index contributed by atoms with van der Waals surface area (Å²) >= 11 is 0. The lowest BCUT2D eigenvalue weighted by molar-refractivity contribution is 0.696. The lowest BCUT2D eigenvalue weighted by Gasteiger charge is -2.09. The van der Waals surface area contributed by atoms with Crippen LogP contribution < -0.4 is 16.0 Å². The van der Waals surface area contributed by atoms with E-state index < -0.39 is 0 Å². The zero-order chi connectivity index (χ0) is 6.81. The van der Waals surface area contributed by atoms with Crippen LogP contribution >= 0.6 is 0 Å². The van der Waals surface area contributed by atoms with Crippen LogP contribution in [0.4, 0.5) is 0 Å². The fourth-order valence-corrected chi connectivity index (χ4v) is 1.06. The molecule has 0 aliphatic carbocycles. The maximum Gasteiger partial charge on any atom is 0.176 e. The fourth-order valence-electron chi connectivity index (χ4n) is 1.06. The van der Waals surface area contributed by atoms with Gasteiger partial charge in [0.1, 0.15) is 5.84 Å². The summed E-state index contributed by atoms with van der Waals surface area (Å²) in [6.07, 6.45) is 3.64. The van der Waals surface area contributed by atoms with Gasteiger partial charge in [-0.1, -0.05) is 0 Å². The molecule has 2 heterocycles. The van der Waals surface area contributed by atoms with Crippen LogP contribution in [0.3, 0.4) is 0 Å². The molecule has 4 heteroatoms. The zero-order valence-electron chi connectivity index (χ0n) is 5.54. The Morgan fingerprint density at radius 3 is 3.20 bits per heavy atom. The van der Waals surface area contributed by atoms with Crippen LogP contribution in [-0.4, -0.2) is 25.1 Å². The molecule has 0 saturated heterocycles. The van der Waals surface area contributed by atoms with Crippen molar-refractivity contribution < 1.29 is 0 Å². The molecule has 53 valence electrons. The molecule has 10 heavy (non-hydrogen) atoms. The summed E-state index contributed by atoms with van der Waals surface area (Å²) in [6, 6.07) is 0. The number of nitrogens with one attached hydrogen (secondary N) is 2. The summed E-state index contributed by atoms with van der Waals surface area (Å²) in [5, 5.41) is 10.3. The van der Waals surface area contributed by atoms with E-state index in [9.17, 15) is 0 Å². The number of aliphatic imine (C=N–C) groups is 1. The van der Waals surface area contributed by atoms with E-state index in [2.05, 4.69) is 20.9 Å². The van der Waals surface area contributed by atoms with E-state index in [1.54, 1.807) is 6.20 Å². The van der Waals surface area contributed by atoms with E-state index in [0.717, 1.165) is 18.9 Å². The molecular formula is C6H9N4. The molecule has 0 aromatic heterocycles. The van der Waals surface area contributed by atoms with Gasteiger partial charge in [0, 0.05) is 18.9 Å². The third kappa shape index (κ3) is 0.814. The van der Waals surface area contributed by atoms with Crippen LogP contribution in [-0.2, 0) is 0 Å². The highest BCUT2D eigenvalue weighted by atomic mass is 15.2. The molecule has 0 aromatic rings. The van der Waals surface area contributed by atoms with Gasteiger partial charge in [0.25, 0.3) is 0 Å². The molecule has 2 rings (SSSR count). The van der Waals surface area contributed by atoms with Crippen LogP contribution in [0.5, 0.6) is 0 Å². The number of nitrogens with zero attached hydrogens (tertiary/aromatic N) is 2. The molecular weight excluding hydrogens is 128 g/mol. The second-order valence-electron chi connectivity index (χ2n) is 2.23. The minimum atomic E-state index is 0.0579. The summed E-state index contributed by atoms with van der Waals surface area (Å²) < 4.78 is 0. The summed E-state index contributed by atoms with van der Waals surface area (Å²) in [6.45, 7) is 1.83. The normalized spacial score (nSPS) is 23.4. The van der Waals surface area contributed by atoms with Gasteiger partial charge >= 0.3 is 0 Å². The first-order chi connectivity index (χ1) is 4.97. The van der Waals surface area contributed by atoms with Crippen LogP contribution in [0.1, 0.15) is 0 Å². The van der Waals surface area contributed by atoms with Gasteiger partial charge in [-0.05, 0) is 0 Å². The van der Waals surface area contributed by atoms with Gasteiger partial charge < -0.3 is 10.6 Å². The van der Waals surface area contributed by atoms with Crippen LogP contribution in [0, 0.1) is 0 Å². The molecule has 2 aliphatic heterocycles. The standard InChI is InChI=1S/C6H9N4/c1-2-8-5(7-1)6-9-3-4-10-6/h1-2,5,7H,3-4H2,(H,9,10). The second kappa shape index (κ2) is 2.21. The van der Waals surface area contributed by atoms with Gasteiger partial charge in [-0.25, -0.2) is 0 Å². The van der Waals surface area contributed by atoms with E-state index in [4.69, 9.17) is 0 Å². The Hall–Kier alpha value is -1.19. The van der Waals surface area contributed by atoms with Crippen molar-refractivity contribution in [1.29, 1.82) is 0 Å². The van der Waals surface area contributed by atoms with Crippen molar-refractivity contribution in [3.8, 4) is 0 Å². The van der Waals surface area contributed by atoms with E-state index in [1.807, 2.05) is 6.20 Å². The topological polar surface area (TPSA) is 50.5 Å². The lowest BCUT2D eigenvalue weighted by atomic mass is 10.4. The summed E-state index contributed by atoms with van der Waals surface area (Å²) in [4.78, 5) is 4.23. The number of hydrogen-bond donors (Lipinski definition) is 2. The molecule has 2 N–H and O–H groups in total. The monoisotopic (exact) mass is 137 g/mol. The van der Waals surface area contributed by atoms with Gasteiger partial charge in [-0.2, -0.15) is 0 Å². The summed E-state index contributed by atoms with van der Waals surface area (Å²) in [5.74, 6) is 0.963. The minimum Gasteiger partial charge on any atom is -0.369 e. The molecule has 1 radical (unpaired) electrons. The van der Waals surface area contributed by atoms with Crippen molar-refractivity contribution in [2.45, 2.75) is 6.17 Å². The van der Waals surface area contributed by atoms with E-state index in [-0.39, 0.29) is 6.17 Å². The van der Waals surface area contributed by atoms with Crippen molar-refractivity contribution in [2.75, 3.05) is 13.1 Å². The zero-order valence-corrected chi connectivity index (χ0v) is 5.54. The van der Waals surface area contributed by atoms with Crippen LogP contribution in [0.2, 0.25) is 0 Å². The Balaban J connectivity index is 1.99. The van der Waals surface area contributed by atoms with Gasteiger partial charge in [-0.3, -0.25) is 10.3 Å². The van der Waals surface area contributed by atoms with Crippen LogP contribution in [0.25, 0.3) is 0 Å². The molecule has 0 aromatic carbocycles. The van der Waals surface area contributed by atoms with Crippen molar-refractivity contribution in [1.82, 2.24) is 16.0 Å². The first kappa shape index (κ1) is 5.58. The van der Waals surface area contributed by atoms with Gasteiger partial charge in [0.15, 0.2) is 6.17 Å². The molecule has 1 atom stereocenters. The largest absolute Gasteiger partial charge is 0.369 e. The SMILES string of the molecule is C1=CNC(C2=NCCN2)[N]1. The lowest BCUT2D eigenvalue weighted by Crippen LogP contribution is -2.41. The van der Waals surface area contributed by atoms with E-state index in [1.165, 1.54) is 0 Å². The summed E-state index contributed by atoms with van der Waals surface area (Å²) in [5.41, 5.74) is 0. The molecule has 0 bridgehead atoms. The van der Waals surface area contributed by atoms with Gasteiger partial charge in [0.05, 0.1) is 6.54 Å². The first-order valence-corrected chi connectivity index (χ1v) is 3.36. The second-order valence-corrected chi connectivity index (χ2v) is 2.23. The maximum absolute atomic E-state index is 4.23. The van der Waals surface area contributed by atoms with Crippen molar-refractivity contribution in [3.05, 3.63) is 12.4 Å². The van der Waals surface area contributed by atoms with E-state index in [0.29, 0.717) is 0 Å². The third-order valence-corrected chi connectivity index (χ3v) is 1.52. The Kier molecular flexibility index (Phi) is 1.23. The highest BCUT2D eigenvalue weighted by molar-refractivity contribution is 5.88. The number of rotatable bonds is 1. The van der Waals surface area contributed by atoms with Crippen molar-refractivity contribution in [3.63, 3.8) is 0 Å². The quantitative estimate of drug-likeness (QED) is 0.486. The molecule has 0 fully saturated rings. The van der Waals surface area contributed by atoms with E-state index >= 15 is 0 Å². The Morgan fingerprint density at radius 1 is 1.60 bits per heavy atom. The van der Waals surface area contributed by atoms with Crippen molar-refractivity contribution >= 4 is 5.84 Å². The highest BCUT2D eigenvalue weighted by Crippen LogP contribution is 1.95. The number of amidine groups is 1. The Morgan fingerprint density at radius 2 is 2.60 bits per heavy atom. The molecule has 1 unspecified atom stereocenters. The fraction of sp³-hybridized carbons (Fsp3) is 0.500. The van der Waals surface area contributed by atoms with Gasteiger partial charge in [-0.15, -0.1) is 0 Å². The average molecular weight is 137 g/mol.